The first-order valence-electron chi connectivity index (χ1n) is 7.82. The Balaban J connectivity index is 0.000000342. The molecule has 0 bridgehead atoms. The summed E-state index contributed by atoms with van der Waals surface area (Å²) >= 11 is 0. The summed E-state index contributed by atoms with van der Waals surface area (Å²) in [6.07, 6.45) is 10.5. The van der Waals surface area contributed by atoms with Gasteiger partial charge in [-0.3, -0.25) is 4.68 Å². The Morgan fingerprint density at radius 2 is 2.12 bits per heavy atom. The first kappa shape index (κ1) is 18.7. The molecule has 0 aliphatic heterocycles. The van der Waals surface area contributed by atoms with Gasteiger partial charge in [0.15, 0.2) is 11.5 Å². The molecule has 7 nitrogen and oxygen atoms in total. The van der Waals surface area contributed by atoms with Crippen LogP contribution in [0.2, 0.25) is 0 Å². The number of hydrogen-bond donors (Lipinski definition) is 1. The SMILES string of the molecule is C=CNc1cn2nc(/C(C=C)=C/C(=C)OC)ccc2n1.Cn1cccn1. The van der Waals surface area contributed by atoms with E-state index in [4.69, 9.17) is 4.74 Å². The van der Waals surface area contributed by atoms with E-state index in [9.17, 15) is 0 Å². The second-order valence-electron chi connectivity index (χ2n) is 5.15. The molecule has 0 atom stereocenters. The van der Waals surface area contributed by atoms with E-state index in [0.29, 0.717) is 11.6 Å². The van der Waals surface area contributed by atoms with Gasteiger partial charge in [-0.25, -0.2) is 9.50 Å². The lowest BCUT2D eigenvalue weighted by Gasteiger charge is -2.03. The topological polar surface area (TPSA) is 69.3 Å². The lowest BCUT2D eigenvalue weighted by Crippen LogP contribution is -1.96. The van der Waals surface area contributed by atoms with Gasteiger partial charge in [0.2, 0.25) is 0 Å². The Labute approximate surface area is 152 Å². The maximum absolute atomic E-state index is 5.04. The molecule has 3 aromatic heterocycles. The highest BCUT2D eigenvalue weighted by Gasteiger charge is 2.05. The summed E-state index contributed by atoms with van der Waals surface area (Å²) < 4.78 is 8.48. The first-order valence-corrected chi connectivity index (χ1v) is 7.82. The number of imidazole rings is 1. The lowest BCUT2D eigenvalue weighted by atomic mass is 10.1. The van der Waals surface area contributed by atoms with Crippen LogP contribution >= 0.6 is 0 Å². The van der Waals surface area contributed by atoms with Crippen LogP contribution in [0.25, 0.3) is 11.2 Å². The van der Waals surface area contributed by atoms with Crippen molar-refractivity contribution in [3.63, 3.8) is 0 Å². The zero-order valence-electron chi connectivity index (χ0n) is 15.0. The molecule has 0 saturated carbocycles. The highest BCUT2D eigenvalue weighted by Crippen LogP contribution is 2.17. The van der Waals surface area contributed by atoms with Gasteiger partial charge < -0.3 is 10.1 Å². The minimum absolute atomic E-state index is 0.543. The molecule has 7 heteroatoms. The maximum atomic E-state index is 5.04. The number of allylic oxidation sites excluding steroid dienone is 3. The molecule has 3 aromatic rings. The molecule has 1 N–H and O–H groups in total. The summed E-state index contributed by atoms with van der Waals surface area (Å²) in [6.45, 7) is 11.1. The van der Waals surface area contributed by atoms with Crippen molar-refractivity contribution >= 4 is 17.0 Å². The van der Waals surface area contributed by atoms with Crippen LogP contribution in [0.1, 0.15) is 5.69 Å². The minimum Gasteiger partial charge on any atom is -0.497 e. The van der Waals surface area contributed by atoms with Crippen molar-refractivity contribution in [1.29, 1.82) is 0 Å². The van der Waals surface area contributed by atoms with E-state index in [2.05, 4.69) is 40.2 Å². The van der Waals surface area contributed by atoms with Crippen LogP contribution in [0, 0.1) is 0 Å². The quantitative estimate of drug-likeness (QED) is 0.545. The second-order valence-corrected chi connectivity index (χ2v) is 5.15. The van der Waals surface area contributed by atoms with Gasteiger partial charge in [-0.2, -0.15) is 10.2 Å². The van der Waals surface area contributed by atoms with E-state index in [1.54, 1.807) is 47.1 Å². The number of nitrogens with zero attached hydrogens (tertiary/aromatic N) is 5. The summed E-state index contributed by atoms with van der Waals surface area (Å²) in [7, 11) is 3.46. The third-order valence-electron chi connectivity index (χ3n) is 3.30. The molecule has 0 aliphatic carbocycles. The lowest BCUT2D eigenvalue weighted by molar-refractivity contribution is 0.309. The Morgan fingerprint density at radius 1 is 1.31 bits per heavy atom. The van der Waals surface area contributed by atoms with E-state index in [1.165, 1.54) is 0 Å². The maximum Gasteiger partial charge on any atom is 0.156 e. The number of aromatic nitrogens is 5. The van der Waals surface area contributed by atoms with Gasteiger partial charge in [-0.05, 0) is 30.5 Å². The molecule has 0 spiro atoms. The first-order chi connectivity index (χ1) is 12.6. The van der Waals surface area contributed by atoms with Gasteiger partial charge in [0.1, 0.15) is 5.76 Å². The van der Waals surface area contributed by atoms with Gasteiger partial charge in [0, 0.05) is 25.0 Å². The van der Waals surface area contributed by atoms with Gasteiger partial charge in [0.25, 0.3) is 0 Å². The van der Waals surface area contributed by atoms with Crippen molar-refractivity contribution in [2.24, 2.45) is 7.05 Å². The summed E-state index contributed by atoms with van der Waals surface area (Å²) in [5, 5.41) is 11.2. The largest absolute Gasteiger partial charge is 0.497 e. The number of rotatable bonds is 6. The third-order valence-corrected chi connectivity index (χ3v) is 3.30. The molecule has 0 saturated heterocycles. The molecular weight excluding hydrogens is 328 g/mol. The highest BCUT2D eigenvalue weighted by atomic mass is 16.5. The van der Waals surface area contributed by atoms with Crippen LogP contribution in [0.4, 0.5) is 5.82 Å². The van der Waals surface area contributed by atoms with Crippen LogP contribution in [0.15, 0.2) is 80.6 Å². The van der Waals surface area contributed by atoms with E-state index in [-0.39, 0.29) is 0 Å². The van der Waals surface area contributed by atoms with Crippen molar-refractivity contribution in [1.82, 2.24) is 24.4 Å². The average Bonchev–Trinajstić information content (AvgIpc) is 3.28. The number of aryl methyl sites for hydroxylation is 1. The molecule has 26 heavy (non-hydrogen) atoms. The number of anilines is 1. The molecule has 0 fully saturated rings. The monoisotopic (exact) mass is 350 g/mol. The number of fused-ring (bicyclic) bond motifs is 1. The van der Waals surface area contributed by atoms with Gasteiger partial charge in [-0.15, -0.1) is 0 Å². The van der Waals surface area contributed by atoms with Crippen LogP contribution < -0.4 is 5.32 Å². The zero-order chi connectivity index (χ0) is 18.9. The van der Waals surface area contributed by atoms with Crippen LogP contribution in [-0.4, -0.2) is 31.5 Å². The van der Waals surface area contributed by atoms with Crippen molar-refractivity contribution < 1.29 is 4.74 Å². The fourth-order valence-corrected chi connectivity index (χ4v) is 2.03. The van der Waals surface area contributed by atoms with E-state index >= 15 is 0 Å². The normalized spacial score (nSPS) is 10.6. The standard InChI is InChI=1S/C15H16N4O.C4H6N2/c1-5-12(9-11(3)20-4)13-7-8-15-17-14(16-6-2)10-19(15)18-13;1-6-4-2-3-5-6/h5-10,16H,1-3H2,4H3;2-4H,1H3/b12-9+;. The van der Waals surface area contributed by atoms with E-state index in [0.717, 1.165) is 16.9 Å². The molecule has 3 heterocycles. The summed E-state index contributed by atoms with van der Waals surface area (Å²) in [5.41, 5.74) is 2.33. The molecule has 0 aliphatic rings. The number of ether oxygens (including phenoxy) is 1. The summed E-state index contributed by atoms with van der Waals surface area (Å²) in [5.74, 6) is 1.23. The number of methoxy groups -OCH3 is 1. The van der Waals surface area contributed by atoms with Crippen LogP contribution in [0.3, 0.4) is 0 Å². The van der Waals surface area contributed by atoms with Crippen molar-refractivity contribution in [2.45, 2.75) is 0 Å². The summed E-state index contributed by atoms with van der Waals surface area (Å²) in [4.78, 5) is 4.34. The highest BCUT2D eigenvalue weighted by molar-refractivity contribution is 5.73. The van der Waals surface area contributed by atoms with E-state index < -0.39 is 0 Å². The molecule has 0 aromatic carbocycles. The van der Waals surface area contributed by atoms with Crippen molar-refractivity contribution in [2.75, 3.05) is 12.4 Å². The van der Waals surface area contributed by atoms with Crippen molar-refractivity contribution in [3.8, 4) is 0 Å². The number of hydrogen-bond acceptors (Lipinski definition) is 5. The fraction of sp³-hybridized carbons (Fsp3) is 0.105. The molecule has 3 rings (SSSR count). The number of nitrogens with one attached hydrogen (secondary N) is 1. The fourth-order valence-electron chi connectivity index (χ4n) is 2.03. The minimum atomic E-state index is 0.543. The smallest absolute Gasteiger partial charge is 0.156 e. The Kier molecular flexibility index (Phi) is 6.50. The Morgan fingerprint density at radius 3 is 2.65 bits per heavy atom. The third kappa shape index (κ3) is 4.94. The molecule has 0 amide bonds. The van der Waals surface area contributed by atoms with Gasteiger partial charge in [0.05, 0.1) is 19.0 Å². The molecule has 0 unspecified atom stereocenters. The van der Waals surface area contributed by atoms with Gasteiger partial charge >= 0.3 is 0 Å². The average molecular weight is 350 g/mol. The Hall–Kier alpha value is -3.61. The van der Waals surface area contributed by atoms with Gasteiger partial charge in [-0.1, -0.05) is 25.8 Å². The predicted molar refractivity (Wildman–Crippen MR) is 104 cm³/mol. The Bertz CT molecular complexity index is 921. The molecular formula is C19H22N6O. The summed E-state index contributed by atoms with van der Waals surface area (Å²) in [6, 6.07) is 5.64. The molecule has 134 valence electrons. The zero-order valence-corrected chi connectivity index (χ0v) is 15.0. The van der Waals surface area contributed by atoms with Crippen LogP contribution in [0.5, 0.6) is 0 Å². The van der Waals surface area contributed by atoms with Crippen molar-refractivity contribution in [3.05, 3.63) is 86.3 Å². The molecule has 0 radical (unpaired) electrons. The van der Waals surface area contributed by atoms with E-state index in [1.807, 2.05) is 31.4 Å². The van der Waals surface area contributed by atoms with Crippen LogP contribution in [-0.2, 0) is 11.8 Å². The predicted octanol–water partition coefficient (Wildman–Crippen LogP) is 3.43. The second kappa shape index (κ2) is 9.03.